The minimum atomic E-state index is -3.98. The van der Waals surface area contributed by atoms with E-state index in [9.17, 15) is 17.8 Å². The second-order valence-corrected chi connectivity index (χ2v) is 8.70. The van der Waals surface area contributed by atoms with Crippen LogP contribution < -0.4 is 0 Å². The van der Waals surface area contributed by atoms with Crippen molar-refractivity contribution in [2.75, 3.05) is 13.2 Å². The Bertz CT molecular complexity index is 669. The molecule has 0 saturated carbocycles. The van der Waals surface area contributed by atoms with Gasteiger partial charge in [0.15, 0.2) is 8.46 Å². The van der Waals surface area contributed by atoms with Crippen LogP contribution in [0, 0.1) is 18.8 Å². The van der Waals surface area contributed by atoms with Gasteiger partial charge in [-0.1, -0.05) is 31.5 Å². The highest BCUT2D eigenvalue weighted by Gasteiger charge is 2.32. The van der Waals surface area contributed by atoms with Gasteiger partial charge in [-0.05, 0) is 38.3 Å². The zero-order valence-electron chi connectivity index (χ0n) is 15.0. The van der Waals surface area contributed by atoms with E-state index in [0.29, 0.717) is 6.42 Å². The van der Waals surface area contributed by atoms with Gasteiger partial charge in [0, 0.05) is 0 Å². The lowest BCUT2D eigenvalue weighted by atomic mass is 9.94. The smallest absolute Gasteiger partial charge is 0.310 e. The molecule has 0 bridgehead atoms. The molecule has 1 rings (SSSR count). The second-order valence-electron chi connectivity index (χ2n) is 6.21. The molecular weight excluding hydrogens is 363 g/mol. The van der Waals surface area contributed by atoms with Crippen molar-refractivity contribution >= 4 is 24.5 Å². The number of carbonyl (C=O) groups is 1. The van der Waals surface area contributed by atoms with Crippen molar-refractivity contribution in [3.63, 3.8) is 0 Å². The van der Waals surface area contributed by atoms with Gasteiger partial charge in [0.25, 0.3) is 10.1 Å². The maximum atomic E-state index is 12.3. The van der Waals surface area contributed by atoms with E-state index in [0.717, 1.165) is 5.56 Å². The molecule has 0 fully saturated rings. The Morgan fingerprint density at radius 3 is 2.28 bits per heavy atom. The molecular formula is C17H25O6PS. The fourth-order valence-electron chi connectivity index (χ4n) is 2.32. The van der Waals surface area contributed by atoms with Crippen molar-refractivity contribution in [3.05, 3.63) is 29.8 Å². The molecule has 0 aromatic heterocycles. The van der Waals surface area contributed by atoms with Crippen molar-refractivity contribution in [1.29, 1.82) is 0 Å². The van der Waals surface area contributed by atoms with Crippen molar-refractivity contribution in [2.45, 2.75) is 44.7 Å². The number of rotatable bonds is 10. The molecule has 0 heterocycles. The summed E-state index contributed by atoms with van der Waals surface area (Å²) in [6.45, 7) is 7.24. The van der Waals surface area contributed by atoms with Crippen LogP contribution in [0.2, 0.25) is 0 Å². The number of ether oxygens (including phenoxy) is 1. The Hall–Kier alpha value is -1.30. The van der Waals surface area contributed by atoms with E-state index < -0.39 is 27.7 Å². The molecule has 2 unspecified atom stereocenters. The second kappa shape index (κ2) is 10.00. The fourth-order valence-corrected chi connectivity index (χ4v) is 3.88. The molecule has 0 aliphatic rings. The Morgan fingerprint density at radius 2 is 1.80 bits per heavy atom. The van der Waals surface area contributed by atoms with Crippen LogP contribution in [0.25, 0.3) is 0 Å². The first kappa shape index (κ1) is 21.7. The topological polar surface area (TPSA) is 86.7 Å². The van der Waals surface area contributed by atoms with Gasteiger partial charge in [0.05, 0.1) is 29.7 Å². The average molecular weight is 388 g/mol. The molecule has 0 radical (unpaired) electrons. The normalized spacial score (nSPS) is 14.4. The third kappa shape index (κ3) is 6.84. The van der Waals surface area contributed by atoms with Crippen LogP contribution in [-0.4, -0.2) is 33.3 Å². The van der Waals surface area contributed by atoms with Crippen LogP contribution in [0.15, 0.2) is 29.2 Å². The van der Waals surface area contributed by atoms with Crippen LogP contribution in [0.5, 0.6) is 0 Å². The Labute approximate surface area is 151 Å². The number of carbonyl (C=O) groups excluding carboxylic acids is 1. The molecule has 0 aliphatic heterocycles. The molecule has 140 valence electrons. The Balaban J connectivity index is 2.89. The van der Waals surface area contributed by atoms with Crippen molar-refractivity contribution in [3.8, 4) is 0 Å². The number of hydrogen-bond donors (Lipinski definition) is 0. The van der Waals surface area contributed by atoms with E-state index in [1.54, 1.807) is 19.1 Å². The minimum Gasteiger partial charge on any atom is -0.466 e. The summed E-state index contributed by atoms with van der Waals surface area (Å²) in [5.41, 5.74) is 0.135. The molecule has 0 saturated heterocycles. The van der Waals surface area contributed by atoms with Gasteiger partial charge in [-0.2, -0.15) is 8.42 Å². The number of esters is 1. The molecule has 1 aromatic carbocycles. The zero-order chi connectivity index (χ0) is 19.0. The number of benzene rings is 1. The molecule has 6 nitrogen and oxygen atoms in total. The molecule has 1 aromatic rings. The molecule has 25 heavy (non-hydrogen) atoms. The largest absolute Gasteiger partial charge is 0.466 e. The summed E-state index contributed by atoms with van der Waals surface area (Å²) in [5.74, 6) is -1.01. The maximum absolute atomic E-state index is 12.3. The van der Waals surface area contributed by atoms with E-state index >= 15 is 0 Å². The lowest BCUT2D eigenvalue weighted by molar-refractivity contribution is -0.148. The lowest BCUT2D eigenvalue weighted by Gasteiger charge is -2.22. The quantitative estimate of drug-likeness (QED) is 0.346. The van der Waals surface area contributed by atoms with E-state index in [4.69, 9.17) is 8.92 Å². The van der Waals surface area contributed by atoms with Crippen LogP contribution in [0.1, 0.15) is 32.8 Å². The molecule has 0 N–H and O–H groups in total. The van der Waals surface area contributed by atoms with Crippen molar-refractivity contribution in [1.82, 2.24) is 0 Å². The lowest BCUT2D eigenvalue weighted by Crippen LogP contribution is -2.32. The van der Waals surface area contributed by atoms with Crippen LogP contribution in [0.3, 0.4) is 0 Å². The fraction of sp³-hybridized carbons (Fsp3) is 0.588. The van der Waals surface area contributed by atoms with Crippen LogP contribution in [0.4, 0.5) is 0 Å². The first-order chi connectivity index (χ1) is 11.7. The maximum Gasteiger partial charge on any atom is 0.310 e. The van der Waals surface area contributed by atoms with E-state index in [2.05, 4.69) is 0 Å². The number of hydrogen-bond acceptors (Lipinski definition) is 6. The van der Waals surface area contributed by atoms with Gasteiger partial charge in [-0.15, -0.1) is 0 Å². The predicted molar refractivity (Wildman–Crippen MR) is 95.3 cm³/mol. The third-order valence-corrected chi connectivity index (χ3v) is 5.69. The highest BCUT2D eigenvalue weighted by Crippen LogP contribution is 2.27. The summed E-state index contributed by atoms with van der Waals surface area (Å²) in [5, 5.41) is 0. The molecule has 0 spiro atoms. The molecule has 2 atom stereocenters. The zero-order valence-corrected chi connectivity index (χ0v) is 16.7. The summed E-state index contributed by atoms with van der Waals surface area (Å²) < 4.78 is 46.2. The first-order valence-electron chi connectivity index (χ1n) is 8.16. The van der Waals surface area contributed by atoms with Gasteiger partial charge in [0.1, 0.15) is 0 Å². The summed E-state index contributed by atoms with van der Waals surface area (Å²) >= 11 is 0. The highest BCUT2D eigenvalue weighted by atomic mass is 32.2. The minimum absolute atomic E-state index is 0.0240. The van der Waals surface area contributed by atoms with Gasteiger partial charge in [0.2, 0.25) is 0 Å². The third-order valence-electron chi connectivity index (χ3n) is 3.62. The van der Waals surface area contributed by atoms with Crippen molar-refractivity contribution in [2.24, 2.45) is 11.8 Å². The monoisotopic (exact) mass is 388 g/mol. The van der Waals surface area contributed by atoms with E-state index in [1.807, 2.05) is 20.8 Å². The van der Waals surface area contributed by atoms with Crippen LogP contribution >= 0.6 is 8.46 Å². The van der Waals surface area contributed by atoms with Gasteiger partial charge < -0.3 is 4.74 Å². The average Bonchev–Trinajstić information content (AvgIpc) is 2.54. The number of aryl methyl sites for hydroxylation is 1. The highest BCUT2D eigenvalue weighted by molar-refractivity contribution is 7.86. The van der Waals surface area contributed by atoms with Gasteiger partial charge in [-0.3, -0.25) is 13.5 Å². The van der Waals surface area contributed by atoms with Crippen LogP contribution in [-0.2, 0) is 28.4 Å². The summed E-state index contributed by atoms with van der Waals surface area (Å²) in [6.07, 6.45) is 0.437. The molecule has 8 heteroatoms. The first-order valence-corrected chi connectivity index (χ1v) is 10.5. The Kier molecular flexibility index (Phi) is 8.69. The van der Waals surface area contributed by atoms with Gasteiger partial charge in [-0.25, -0.2) is 0 Å². The summed E-state index contributed by atoms with van der Waals surface area (Å²) in [7, 11) is -4.33. The van der Waals surface area contributed by atoms with Gasteiger partial charge >= 0.3 is 5.97 Å². The predicted octanol–water partition coefficient (Wildman–Crippen LogP) is 3.59. The van der Waals surface area contributed by atoms with E-state index in [-0.39, 0.29) is 32.5 Å². The summed E-state index contributed by atoms with van der Waals surface area (Å²) in [6, 6.07) is 6.23. The summed E-state index contributed by atoms with van der Waals surface area (Å²) in [4.78, 5) is 12.2. The van der Waals surface area contributed by atoms with Crippen molar-refractivity contribution < 1.29 is 26.7 Å². The molecule has 0 amide bonds. The standard InChI is InChI=1S/C17H25O6PS/c1-5-22-17(18)15(10-12(2)3)16(24-19)11-23-25(20,21)14-8-6-13(4)7-9-14/h6-9,12,15-16H,5,10-11H2,1-4H3. The van der Waals surface area contributed by atoms with E-state index in [1.165, 1.54) is 12.1 Å². The Morgan fingerprint density at radius 1 is 1.20 bits per heavy atom. The SMILES string of the molecule is CCOC(=O)C(CC(C)C)C(COS(=O)(=O)c1ccc(C)cc1)P=O. The molecule has 0 aliphatic carbocycles.